The molecule has 0 saturated carbocycles. The van der Waals surface area contributed by atoms with Crippen LogP contribution in [-0.4, -0.2) is 43.0 Å². The third-order valence-electron chi connectivity index (χ3n) is 2.51. The lowest BCUT2D eigenvalue weighted by Gasteiger charge is -2.22. The first-order valence-electron chi connectivity index (χ1n) is 5.78. The number of carbonyl (C=O) groups excluding carboxylic acids is 1. The lowest BCUT2D eigenvalue weighted by atomic mass is 10.2. The smallest absolute Gasteiger partial charge is 0.225 e. The first-order valence-corrected chi connectivity index (χ1v) is 5.78. The summed E-state index contributed by atoms with van der Waals surface area (Å²) in [5, 5.41) is 0. The molecule has 4 heteroatoms. The summed E-state index contributed by atoms with van der Waals surface area (Å²) in [6.45, 7) is 7.03. The van der Waals surface area contributed by atoms with Crippen LogP contribution < -0.4 is 4.90 Å². The Balaban J connectivity index is 2.93. The molecule has 1 aromatic rings. The molecule has 0 N–H and O–H groups in total. The zero-order chi connectivity index (χ0) is 13.0. The molecule has 4 nitrogen and oxygen atoms in total. The summed E-state index contributed by atoms with van der Waals surface area (Å²) in [4.78, 5) is 19.8. The molecule has 1 rings (SSSR count). The summed E-state index contributed by atoms with van der Waals surface area (Å²) in [5.74, 6) is 0.779. The van der Waals surface area contributed by atoms with Crippen molar-refractivity contribution in [3.05, 3.63) is 23.4 Å². The van der Waals surface area contributed by atoms with Gasteiger partial charge in [-0.15, -0.1) is 0 Å². The minimum atomic E-state index is 0.0318. The summed E-state index contributed by atoms with van der Waals surface area (Å²) in [6, 6.07) is 3.96. The molecule has 0 aromatic carbocycles. The largest absolute Gasteiger partial charge is 0.308 e. The van der Waals surface area contributed by atoms with E-state index in [1.807, 2.05) is 40.1 Å². The average molecular weight is 235 g/mol. The molecule has 0 fully saturated rings. The Morgan fingerprint density at radius 3 is 2.35 bits per heavy atom. The van der Waals surface area contributed by atoms with Crippen LogP contribution in [0.25, 0.3) is 0 Å². The predicted molar refractivity (Wildman–Crippen MR) is 70.3 cm³/mol. The van der Waals surface area contributed by atoms with Crippen LogP contribution in [0.15, 0.2) is 12.1 Å². The maximum atomic E-state index is 11.6. The van der Waals surface area contributed by atoms with Gasteiger partial charge in [-0.1, -0.05) is 0 Å². The number of aryl methyl sites for hydroxylation is 2. The van der Waals surface area contributed by atoms with E-state index in [0.717, 1.165) is 23.6 Å². The van der Waals surface area contributed by atoms with Crippen molar-refractivity contribution in [1.82, 2.24) is 9.88 Å². The van der Waals surface area contributed by atoms with Gasteiger partial charge in [0.1, 0.15) is 5.82 Å². The third-order valence-corrected chi connectivity index (χ3v) is 2.51. The highest BCUT2D eigenvalue weighted by Gasteiger charge is 2.13. The van der Waals surface area contributed by atoms with Gasteiger partial charge in [0.2, 0.25) is 5.91 Å². The number of likely N-dealkylation sites (N-methyl/N-ethyl adjacent to an activating group) is 1. The highest BCUT2D eigenvalue weighted by molar-refractivity contribution is 5.90. The summed E-state index contributed by atoms with van der Waals surface area (Å²) in [5.41, 5.74) is 2.07. The Morgan fingerprint density at radius 2 is 1.88 bits per heavy atom. The molecule has 0 atom stereocenters. The van der Waals surface area contributed by atoms with Crippen LogP contribution in [0.4, 0.5) is 5.82 Å². The molecular formula is C13H21N3O. The number of nitrogens with zero attached hydrogens (tertiary/aromatic N) is 3. The van der Waals surface area contributed by atoms with Gasteiger partial charge in [-0.2, -0.15) is 0 Å². The summed E-state index contributed by atoms with van der Waals surface area (Å²) < 4.78 is 0. The molecule has 0 aliphatic carbocycles. The van der Waals surface area contributed by atoms with Crippen LogP contribution in [0, 0.1) is 13.8 Å². The van der Waals surface area contributed by atoms with Crippen molar-refractivity contribution in [3.63, 3.8) is 0 Å². The van der Waals surface area contributed by atoms with Crippen LogP contribution in [-0.2, 0) is 4.79 Å². The Kier molecular flexibility index (Phi) is 4.63. The minimum Gasteiger partial charge on any atom is -0.308 e. The van der Waals surface area contributed by atoms with E-state index < -0.39 is 0 Å². The fourth-order valence-corrected chi connectivity index (χ4v) is 1.69. The molecule has 0 aliphatic rings. The van der Waals surface area contributed by atoms with E-state index in [2.05, 4.69) is 9.88 Å². The molecule has 0 unspecified atom stereocenters. The van der Waals surface area contributed by atoms with Crippen molar-refractivity contribution >= 4 is 11.7 Å². The zero-order valence-electron chi connectivity index (χ0n) is 11.3. The van der Waals surface area contributed by atoms with Crippen molar-refractivity contribution < 1.29 is 4.79 Å². The Morgan fingerprint density at radius 1 is 1.24 bits per heavy atom. The monoisotopic (exact) mass is 235 g/mol. The number of amides is 1. The first kappa shape index (κ1) is 13.6. The number of pyridine rings is 1. The van der Waals surface area contributed by atoms with Crippen molar-refractivity contribution in [2.75, 3.05) is 32.1 Å². The Bertz CT molecular complexity index is 381. The fourth-order valence-electron chi connectivity index (χ4n) is 1.69. The maximum absolute atomic E-state index is 11.6. The van der Waals surface area contributed by atoms with Crippen LogP contribution in [0.3, 0.4) is 0 Å². The van der Waals surface area contributed by atoms with Gasteiger partial charge in [0, 0.05) is 25.7 Å². The Hall–Kier alpha value is -1.42. The van der Waals surface area contributed by atoms with Crippen molar-refractivity contribution in [2.24, 2.45) is 0 Å². The number of hydrogen-bond acceptors (Lipinski definition) is 3. The molecule has 0 spiro atoms. The molecule has 1 amide bonds. The highest BCUT2D eigenvalue weighted by atomic mass is 16.2. The van der Waals surface area contributed by atoms with Crippen LogP contribution in [0.2, 0.25) is 0 Å². The summed E-state index contributed by atoms with van der Waals surface area (Å²) in [7, 11) is 3.99. The molecule has 17 heavy (non-hydrogen) atoms. The van der Waals surface area contributed by atoms with E-state index >= 15 is 0 Å². The molecule has 0 bridgehead atoms. The second-order valence-electron chi connectivity index (χ2n) is 4.62. The molecule has 94 valence electrons. The van der Waals surface area contributed by atoms with Gasteiger partial charge in [0.25, 0.3) is 0 Å². The number of hydrogen-bond donors (Lipinski definition) is 0. The zero-order valence-corrected chi connectivity index (χ0v) is 11.3. The molecular weight excluding hydrogens is 214 g/mol. The van der Waals surface area contributed by atoms with Gasteiger partial charge >= 0.3 is 0 Å². The summed E-state index contributed by atoms with van der Waals surface area (Å²) in [6.07, 6.45) is 0. The van der Waals surface area contributed by atoms with Gasteiger partial charge in [0.15, 0.2) is 0 Å². The van der Waals surface area contributed by atoms with E-state index in [9.17, 15) is 4.79 Å². The van der Waals surface area contributed by atoms with E-state index in [4.69, 9.17) is 0 Å². The van der Waals surface area contributed by atoms with Gasteiger partial charge in [0.05, 0.1) is 0 Å². The predicted octanol–water partition coefficient (Wildman–Crippen LogP) is 1.61. The summed E-state index contributed by atoms with van der Waals surface area (Å²) >= 11 is 0. The molecule has 1 aromatic heterocycles. The van der Waals surface area contributed by atoms with Gasteiger partial charge in [-0.25, -0.2) is 4.98 Å². The normalized spacial score (nSPS) is 10.7. The lowest BCUT2D eigenvalue weighted by Crippen LogP contribution is -2.35. The number of rotatable bonds is 4. The number of carbonyl (C=O) groups is 1. The maximum Gasteiger partial charge on any atom is 0.225 e. The molecule has 0 radical (unpaired) electrons. The van der Waals surface area contributed by atoms with E-state index in [-0.39, 0.29) is 5.91 Å². The van der Waals surface area contributed by atoms with E-state index in [1.165, 1.54) is 0 Å². The van der Waals surface area contributed by atoms with E-state index in [1.54, 1.807) is 11.8 Å². The van der Waals surface area contributed by atoms with Crippen molar-refractivity contribution in [3.8, 4) is 0 Å². The molecule has 0 saturated heterocycles. The second kappa shape index (κ2) is 5.77. The lowest BCUT2D eigenvalue weighted by molar-refractivity contribution is -0.116. The first-order chi connectivity index (χ1) is 7.90. The second-order valence-corrected chi connectivity index (χ2v) is 4.62. The van der Waals surface area contributed by atoms with Gasteiger partial charge in [-0.3, -0.25) is 9.69 Å². The quantitative estimate of drug-likeness (QED) is 0.795. The van der Waals surface area contributed by atoms with Gasteiger partial charge < -0.3 is 4.90 Å². The van der Waals surface area contributed by atoms with E-state index in [0.29, 0.717) is 6.54 Å². The fraction of sp³-hybridized carbons (Fsp3) is 0.538. The SMILES string of the molecule is CC(=O)N(CCN(C)C)c1cc(C)cc(C)n1. The number of anilines is 1. The third kappa shape index (κ3) is 4.15. The van der Waals surface area contributed by atoms with Crippen LogP contribution >= 0.6 is 0 Å². The molecule has 1 heterocycles. The minimum absolute atomic E-state index is 0.0318. The standard InChI is InChI=1S/C13H21N3O/c1-10-8-11(2)14-13(9-10)16(12(3)17)7-6-15(4)5/h8-9H,6-7H2,1-5H3. The molecule has 0 aliphatic heterocycles. The Labute approximate surface area is 103 Å². The average Bonchev–Trinajstić information content (AvgIpc) is 2.14. The topological polar surface area (TPSA) is 36.4 Å². The highest BCUT2D eigenvalue weighted by Crippen LogP contribution is 2.14. The van der Waals surface area contributed by atoms with Crippen LogP contribution in [0.1, 0.15) is 18.2 Å². The van der Waals surface area contributed by atoms with Gasteiger partial charge in [-0.05, 0) is 45.6 Å². The van der Waals surface area contributed by atoms with Crippen LogP contribution in [0.5, 0.6) is 0 Å². The van der Waals surface area contributed by atoms with Crippen molar-refractivity contribution in [2.45, 2.75) is 20.8 Å². The van der Waals surface area contributed by atoms with Crippen molar-refractivity contribution in [1.29, 1.82) is 0 Å². The number of aromatic nitrogens is 1.